The lowest BCUT2D eigenvalue weighted by molar-refractivity contribution is 0.00424. The van der Waals surface area contributed by atoms with Crippen molar-refractivity contribution < 1.29 is 18.7 Å². The third-order valence-electron chi connectivity index (χ3n) is 6.97. The fraction of sp³-hybridized carbons (Fsp3) is 0.357. The summed E-state index contributed by atoms with van der Waals surface area (Å²) in [7, 11) is 0. The van der Waals surface area contributed by atoms with Gasteiger partial charge in [-0.05, 0) is 55.0 Å². The zero-order chi connectivity index (χ0) is 27.2. The van der Waals surface area contributed by atoms with Crippen molar-refractivity contribution in [3.63, 3.8) is 0 Å². The highest BCUT2D eigenvalue weighted by Crippen LogP contribution is 2.19. The number of aliphatic imine (C=N–C) groups is 1. The van der Waals surface area contributed by atoms with Crippen LogP contribution in [0.3, 0.4) is 0 Å². The molecule has 1 aromatic heterocycles. The van der Waals surface area contributed by atoms with Crippen molar-refractivity contribution in [3.05, 3.63) is 75.8 Å². The van der Waals surface area contributed by atoms with Crippen LogP contribution in [-0.2, 0) is 9.47 Å². The van der Waals surface area contributed by atoms with Gasteiger partial charge in [0, 0.05) is 49.2 Å². The number of morpholine rings is 1. The number of fused-ring (bicyclic) bond motifs is 1. The molecule has 0 radical (unpaired) electrons. The molecular weight excluding hydrogens is 503 g/mol. The minimum absolute atomic E-state index is 0.0441. The summed E-state index contributed by atoms with van der Waals surface area (Å²) in [6.07, 6.45) is 2.23. The zero-order valence-corrected chi connectivity index (χ0v) is 21.5. The van der Waals surface area contributed by atoms with Gasteiger partial charge in [-0.25, -0.2) is 4.39 Å². The van der Waals surface area contributed by atoms with Crippen molar-refractivity contribution >= 4 is 34.4 Å². The first-order chi connectivity index (χ1) is 19.0. The number of benzene rings is 2. The fourth-order valence-electron chi connectivity index (χ4n) is 4.77. The van der Waals surface area contributed by atoms with Crippen LogP contribution in [0, 0.1) is 5.82 Å². The van der Waals surface area contributed by atoms with Gasteiger partial charge in [-0.2, -0.15) is 5.10 Å². The molecule has 2 aliphatic rings. The van der Waals surface area contributed by atoms with E-state index in [1.807, 2.05) is 4.90 Å². The summed E-state index contributed by atoms with van der Waals surface area (Å²) in [4.78, 5) is 36.7. The predicted octanol–water partition coefficient (Wildman–Crippen LogP) is 2.30. The second kappa shape index (κ2) is 12.3. The summed E-state index contributed by atoms with van der Waals surface area (Å²) in [5, 5.41) is 4.20. The molecule has 0 bridgehead atoms. The van der Waals surface area contributed by atoms with E-state index in [2.05, 4.69) is 20.0 Å². The maximum absolute atomic E-state index is 13.6. The van der Waals surface area contributed by atoms with Crippen LogP contribution in [0.15, 0.2) is 63.4 Å². The molecule has 204 valence electrons. The summed E-state index contributed by atoms with van der Waals surface area (Å²) in [5.74, 6) is 5.05. The topological polar surface area (TPSA) is 126 Å². The molecule has 2 aromatic carbocycles. The number of likely N-dealkylation sites (tertiary alicyclic amines) is 1. The van der Waals surface area contributed by atoms with Crippen LogP contribution in [0.2, 0.25) is 0 Å². The largest absolute Gasteiger partial charge is 0.379 e. The molecule has 3 heterocycles. The third-order valence-corrected chi connectivity index (χ3v) is 6.97. The molecule has 0 spiro atoms. The normalized spacial score (nSPS) is 18.8. The van der Waals surface area contributed by atoms with E-state index in [1.165, 1.54) is 30.5 Å². The smallest absolute Gasteiger partial charge is 0.258 e. The number of nitrogens with two attached hydrogens (primary N) is 1. The number of nitrogens with zero attached hydrogens (tertiary/aromatic N) is 4. The molecule has 11 heteroatoms. The van der Waals surface area contributed by atoms with Crippen LogP contribution in [0.4, 0.5) is 10.1 Å². The van der Waals surface area contributed by atoms with Crippen LogP contribution < -0.4 is 11.4 Å². The summed E-state index contributed by atoms with van der Waals surface area (Å²) >= 11 is 0. The second-order valence-electron chi connectivity index (χ2n) is 9.55. The van der Waals surface area contributed by atoms with Gasteiger partial charge in [0.25, 0.3) is 11.5 Å². The van der Waals surface area contributed by atoms with E-state index in [4.69, 9.17) is 15.3 Å². The number of pyridine rings is 1. The van der Waals surface area contributed by atoms with Gasteiger partial charge >= 0.3 is 0 Å². The van der Waals surface area contributed by atoms with Gasteiger partial charge in [-0.3, -0.25) is 19.5 Å². The standard InChI is InChI=1S/C28H31FN6O4/c29-21-3-6-25-20(15-21)16-24(27(36)32-25)26(33-30)17-31-22-4-1-19(2-5-22)28(37)35-8-7-23(18-35)39-14-11-34-9-12-38-13-10-34/h1-6,15-17,23H,7-14,18,30H2,(H,32,36). The van der Waals surface area contributed by atoms with E-state index in [-0.39, 0.29) is 23.3 Å². The van der Waals surface area contributed by atoms with Gasteiger partial charge in [0.15, 0.2) is 0 Å². The van der Waals surface area contributed by atoms with Gasteiger partial charge in [0.05, 0.1) is 43.4 Å². The van der Waals surface area contributed by atoms with Crippen molar-refractivity contribution in [3.8, 4) is 0 Å². The Morgan fingerprint density at radius 1 is 1.15 bits per heavy atom. The molecule has 39 heavy (non-hydrogen) atoms. The number of carbonyl (C=O) groups excluding carboxylic acids is 1. The molecule has 3 N–H and O–H groups in total. The van der Waals surface area contributed by atoms with E-state index in [0.717, 1.165) is 39.3 Å². The first-order valence-electron chi connectivity index (χ1n) is 13.0. The van der Waals surface area contributed by atoms with Crippen molar-refractivity contribution in [2.45, 2.75) is 12.5 Å². The number of hydrogen-bond donors (Lipinski definition) is 2. The number of halogens is 1. The van der Waals surface area contributed by atoms with E-state index < -0.39 is 11.4 Å². The zero-order valence-electron chi connectivity index (χ0n) is 21.5. The monoisotopic (exact) mass is 534 g/mol. The van der Waals surface area contributed by atoms with E-state index >= 15 is 0 Å². The quantitative estimate of drug-likeness (QED) is 0.260. The highest BCUT2D eigenvalue weighted by molar-refractivity contribution is 6.38. The van der Waals surface area contributed by atoms with Crippen molar-refractivity contribution in [1.29, 1.82) is 0 Å². The average molecular weight is 535 g/mol. The second-order valence-corrected chi connectivity index (χ2v) is 9.55. The number of hydrazone groups is 1. The highest BCUT2D eigenvalue weighted by Gasteiger charge is 2.27. The number of aromatic nitrogens is 1. The Morgan fingerprint density at radius 2 is 1.95 bits per heavy atom. The van der Waals surface area contributed by atoms with Gasteiger partial charge in [-0.1, -0.05) is 0 Å². The van der Waals surface area contributed by atoms with E-state index in [0.29, 0.717) is 41.9 Å². The lowest BCUT2D eigenvalue weighted by Crippen LogP contribution is -2.39. The van der Waals surface area contributed by atoms with E-state index in [9.17, 15) is 14.0 Å². The van der Waals surface area contributed by atoms with Gasteiger partial charge in [0.2, 0.25) is 0 Å². The Hall–Kier alpha value is -3.93. The van der Waals surface area contributed by atoms with Gasteiger partial charge in [-0.15, -0.1) is 0 Å². The Kier molecular flexibility index (Phi) is 8.40. The number of aromatic amines is 1. The molecule has 2 saturated heterocycles. The van der Waals surface area contributed by atoms with Gasteiger partial charge in [0.1, 0.15) is 11.5 Å². The lowest BCUT2D eigenvalue weighted by atomic mass is 10.1. The minimum Gasteiger partial charge on any atom is -0.379 e. The Morgan fingerprint density at radius 3 is 2.72 bits per heavy atom. The van der Waals surface area contributed by atoms with Crippen molar-refractivity contribution in [2.75, 3.05) is 52.5 Å². The highest BCUT2D eigenvalue weighted by atomic mass is 19.1. The SMILES string of the molecule is NN=C(C=Nc1ccc(C(=O)N2CCC(OCCN3CCOCC3)C2)cc1)c1cc2cc(F)ccc2[nH]c1=O. The molecule has 3 aromatic rings. The number of carbonyl (C=O) groups is 1. The summed E-state index contributed by atoms with van der Waals surface area (Å²) in [6.45, 7) is 6.15. The van der Waals surface area contributed by atoms with Crippen LogP contribution in [0.25, 0.3) is 10.9 Å². The maximum atomic E-state index is 13.6. The Balaban J connectivity index is 1.17. The average Bonchev–Trinajstić information content (AvgIpc) is 3.43. The molecule has 0 aliphatic carbocycles. The third kappa shape index (κ3) is 6.56. The van der Waals surface area contributed by atoms with Gasteiger partial charge < -0.3 is 25.2 Å². The number of amides is 1. The number of rotatable bonds is 8. The lowest BCUT2D eigenvalue weighted by Gasteiger charge is -2.26. The molecule has 2 fully saturated rings. The number of nitrogens with one attached hydrogen (secondary N) is 1. The van der Waals surface area contributed by atoms with E-state index in [1.54, 1.807) is 24.3 Å². The first-order valence-corrected chi connectivity index (χ1v) is 13.0. The molecule has 1 amide bonds. The summed E-state index contributed by atoms with van der Waals surface area (Å²) < 4.78 is 25.0. The fourth-order valence-corrected chi connectivity index (χ4v) is 4.77. The molecule has 5 rings (SSSR count). The maximum Gasteiger partial charge on any atom is 0.258 e. The predicted molar refractivity (Wildman–Crippen MR) is 147 cm³/mol. The number of ether oxygens (including phenoxy) is 2. The molecule has 0 saturated carbocycles. The Bertz CT molecular complexity index is 1430. The Labute approximate surface area is 224 Å². The van der Waals surface area contributed by atoms with Crippen LogP contribution in [0.1, 0.15) is 22.3 Å². The molecule has 10 nitrogen and oxygen atoms in total. The first kappa shape index (κ1) is 26.7. The molecule has 1 atom stereocenters. The molecule has 2 aliphatic heterocycles. The van der Waals surface area contributed by atoms with Crippen molar-refractivity contribution in [1.82, 2.24) is 14.8 Å². The molecular formula is C28H31FN6O4. The summed E-state index contributed by atoms with van der Waals surface area (Å²) in [5.41, 5.74) is 1.51. The number of H-pyrrole nitrogens is 1. The van der Waals surface area contributed by atoms with Crippen LogP contribution in [-0.4, -0.2) is 91.3 Å². The number of hydrogen-bond acceptors (Lipinski definition) is 8. The summed E-state index contributed by atoms with van der Waals surface area (Å²) in [6, 6.07) is 12.5. The van der Waals surface area contributed by atoms with Crippen LogP contribution >= 0.6 is 0 Å². The minimum atomic E-state index is -0.421. The van der Waals surface area contributed by atoms with Crippen molar-refractivity contribution in [2.24, 2.45) is 15.9 Å². The molecule has 1 unspecified atom stereocenters. The van der Waals surface area contributed by atoms with Crippen LogP contribution in [0.5, 0.6) is 0 Å².